The Kier molecular flexibility index (Phi) is 6.32. The summed E-state index contributed by atoms with van der Waals surface area (Å²) in [4.78, 5) is 28.4. The number of hydrogen-bond acceptors (Lipinski definition) is 6. The highest BCUT2D eigenvalue weighted by Crippen LogP contribution is 2.32. The van der Waals surface area contributed by atoms with Crippen LogP contribution in [0.5, 0.6) is 5.75 Å². The van der Waals surface area contributed by atoms with Crippen LogP contribution in [-0.2, 0) is 6.18 Å². The highest BCUT2D eigenvalue weighted by molar-refractivity contribution is 5.86. The molecule has 0 unspecified atom stereocenters. The molecule has 4 rings (SSSR count). The average Bonchev–Trinajstić information content (AvgIpc) is 2.83. The summed E-state index contributed by atoms with van der Waals surface area (Å²) < 4.78 is 46.2. The van der Waals surface area contributed by atoms with Crippen LogP contribution in [0.4, 0.5) is 18.9 Å². The molecule has 178 valence electrons. The zero-order chi connectivity index (χ0) is 25.2. The Morgan fingerprint density at radius 3 is 2.57 bits per heavy atom. The van der Waals surface area contributed by atoms with Crippen molar-refractivity contribution in [3.63, 3.8) is 0 Å². The number of fused-ring (bicyclic) bond motifs is 1. The second-order valence-corrected chi connectivity index (χ2v) is 7.28. The molecule has 11 heteroatoms. The molecular formula is C24H17F3N4O4. The lowest BCUT2D eigenvalue weighted by molar-refractivity contribution is -0.385. The fraction of sp³-hybridized carbons (Fsp3) is 0.125. The van der Waals surface area contributed by atoms with Gasteiger partial charge in [-0.15, -0.1) is 0 Å². The molecule has 0 spiro atoms. The van der Waals surface area contributed by atoms with Gasteiger partial charge in [-0.2, -0.15) is 22.9 Å². The normalized spacial score (nSPS) is 11.8. The summed E-state index contributed by atoms with van der Waals surface area (Å²) in [5.74, 6) is -0.175. The maximum Gasteiger partial charge on any atom is 0.416 e. The Morgan fingerprint density at radius 1 is 1.11 bits per heavy atom. The number of halogens is 3. The van der Waals surface area contributed by atoms with Gasteiger partial charge in [0, 0.05) is 17.2 Å². The number of nitro benzene ring substituents is 1. The van der Waals surface area contributed by atoms with Crippen LogP contribution in [0.1, 0.15) is 18.1 Å². The van der Waals surface area contributed by atoms with Gasteiger partial charge in [0.1, 0.15) is 0 Å². The van der Waals surface area contributed by atoms with Gasteiger partial charge in [0.15, 0.2) is 5.82 Å². The van der Waals surface area contributed by atoms with E-state index in [1.165, 1.54) is 42.6 Å². The maximum absolute atomic E-state index is 13.3. The van der Waals surface area contributed by atoms with Crippen LogP contribution in [-0.4, -0.2) is 27.4 Å². The molecule has 0 aliphatic rings. The minimum Gasteiger partial charge on any atom is -0.487 e. The van der Waals surface area contributed by atoms with Gasteiger partial charge in [0.05, 0.1) is 34.2 Å². The molecule has 0 saturated carbocycles. The molecule has 8 nitrogen and oxygen atoms in total. The zero-order valence-electron chi connectivity index (χ0n) is 18.2. The van der Waals surface area contributed by atoms with E-state index in [1.807, 2.05) is 0 Å². The first-order valence-corrected chi connectivity index (χ1v) is 10.3. The highest BCUT2D eigenvalue weighted by Gasteiger charge is 2.31. The van der Waals surface area contributed by atoms with E-state index in [0.29, 0.717) is 0 Å². The van der Waals surface area contributed by atoms with Gasteiger partial charge in [0.2, 0.25) is 5.75 Å². The number of benzene rings is 3. The van der Waals surface area contributed by atoms with Gasteiger partial charge in [0.25, 0.3) is 5.56 Å². The minimum atomic E-state index is -4.60. The van der Waals surface area contributed by atoms with Crippen molar-refractivity contribution in [2.75, 3.05) is 6.61 Å². The van der Waals surface area contributed by atoms with E-state index in [2.05, 4.69) is 10.1 Å². The molecule has 0 saturated heterocycles. The summed E-state index contributed by atoms with van der Waals surface area (Å²) in [5.41, 5.74) is -1.33. The standard InChI is InChI=1S/C24H17F3N4O4/c1-2-35-21-16(8-6-12-20(21)31(33)34)14-28-30-22(15-7-5-9-17(13-15)24(25,26)27)29-19-11-4-3-10-18(19)23(30)32/h3-14H,2H2,1H3. The smallest absolute Gasteiger partial charge is 0.416 e. The van der Waals surface area contributed by atoms with Crippen molar-refractivity contribution >= 4 is 22.8 Å². The summed E-state index contributed by atoms with van der Waals surface area (Å²) in [6.45, 7) is 1.79. The summed E-state index contributed by atoms with van der Waals surface area (Å²) in [5, 5.41) is 15.8. The second kappa shape index (κ2) is 9.37. The quantitative estimate of drug-likeness (QED) is 0.212. The topological polar surface area (TPSA) is 99.6 Å². The molecule has 0 aliphatic carbocycles. The summed E-state index contributed by atoms with van der Waals surface area (Å²) in [6, 6.07) is 14.9. The molecule has 35 heavy (non-hydrogen) atoms. The molecule has 4 aromatic rings. The monoisotopic (exact) mass is 482 g/mol. The van der Waals surface area contributed by atoms with Crippen LogP contribution in [0, 0.1) is 10.1 Å². The van der Waals surface area contributed by atoms with Crippen molar-refractivity contribution < 1.29 is 22.8 Å². The van der Waals surface area contributed by atoms with Crippen molar-refractivity contribution in [1.82, 2.24) is 9.66 Å². The SMILES string of the molecule is CCOc1c(C=Nn2c(-c3cccc(C(F)(F)F)c3)nc3ccccc3c2=O)cccc1[N+](=O)[O-]. The number of alkyl halides is 3. The number of rotatable bonds is 6. The van der Waals surface area contributed by atoms with E-state index in [1.54, 1.807) is 25.1 Å². The van der Waals surface area contributed by atoms with Crippen LogP contribution in [0.3, 0.4) is 0 Å². The molecule has 0 radical (unpaired) electrons. The number of ether oxygens (including phenoxy) is 1. The fourth-order valence-electron chi connectivity index (χ4n) is 3.46. The number of hydrogen-bond donors (Lipinski definition) is 0. The maximum atomic E-state index is 13.3. The van der Waals surface area contributed by atoms with Gasteiger partial charge in [-0.3, -0.25) is 14.9 Å². The van der Waals surface area contributed by atoms with Crippen molar-refractivity contribution in [2.24, 2.45) is 5.10 Å². The Hall–Kier alpha value is -4.54. The third kappa shape index (κ3) is 4.74. The van der Waals surface area contributed by atoms with E-state index in [-0.39, 0.29) is 45.9 Å². The first-order chi connectivity index (χ1) is 16.7. The lowest BCUT2D eigenvalue weighted by Gasteiger charge is -2.12. The molecule has 0 atom stereocenters. The van der Waals surface area contributed by atoms with Crippen LogP contribution >= 0.6 is 0 Å². The van der Waals surface area contributed by atoms with Crippen LogP contribution in [0.2, 0.25) is 0 Å². The molecule has 0 N–H and O–H groups in total. The Balaban J connectivity index is 1.95. The Morgan fingerprint density at radius 2 is 1.86 bits per heavy atom. The first-order valence-electron chi connectivity index (χ1n) is 10.3. The lowest BCUT2D eigenvalue weighted by atomic mass is 10.1. The van der Waals surface area contributed by atoms with Gasteiger partial charge < -0.3 is 4.74 Å². The largest absolute Gasteiger partial charge is 0.487 e. The number of nitrogens with zero attached hydrogens (tertiary/aromatic N) is 4. The molecule has 1 heterocycles. The molecule has 1 aromatic heterocycles. The van der Waals surface area contributed by atoms with Crippen molar-refractivity contribution in [1.29, 1.82) is 0 Å². The molecule has 3 aromatic carbocycles. The predicted molar refractivity (Wildman–Crippen MR) is 124 cm³/mol. The highest BCUT2D eigenvalue weighted by atomic mass is 19.4. The van der Waals surface area contributed by atoms with Gasteiger partial charge >= 0.3 is 11.9 Å². The fourth-order valence-corrected chi connectivity index (χ4v) is 3.46. The molecule has 0 bridgehead atoms. The summed E-state index contributed by atoms with van der Waals surface area (Å²) in [7, 11) is 0. The zero-order valence-corrected chi connectivity index (χ0v) is 18.2. The van der Waals surface area contributed by atoms with E-state index >= 15 is 0 Å². The Bertz CT molecular complexity index is 1510. The lowest BCUT2D eigenvalue weighted by Crippen LogP contribution is -2.20. The average molecular weight is 482 g/mol. The summed E-state index contributed by atoms with van der Waals surface area (Å²) >= 11 is 0. The van der Waals surface area contributed by atoms with Gasteiger partial charge in [-0.05, 0) is 37.3 Å². The van der Waals surface area contributed by atoms with E-state index in [9.17, 15) is 28.1 Å². The Labute approximate surface area is 196 Å². The van der Waals surface area contributed by atoms with Crippen LogP contribution < -0.4 is 10.3 Å². The second-order valence-electron chi connectivity index (χ2n) is 7.28. The molecular weight excluding hydrogens is 465 g/mol. The van der Waals surface area contributed by atoms with E-state index < -0.39 is 22.2 Å². The third-order valence-corrected chi connectivity index (χ3v) is 5.02. The third-order valence-electron chi connectivity index (χ3n) is 5.02. The number of aromatic nitrogens is 2. The number of para-hydroxylation sites is 2. The van der Waals surface area contributed by atoms with Gasteiger partial charge in [-0.1, -0.05) is 30.3 Å². The van der Waals surface area contributed by atoms with E-state index in [0.717, 1.165) is 16.8 Å². The minimum absolute atomic E-state index is 0.0175. The molecule has 0 fully saturated rings. The van der Waals surface area contributed by atoms with Crippen LogP contribution in [0.25, 0.3) is 22.3 Å². The van der Waals surface area contributed by atoms with Crippen LogP contribution in [0.15, 0.2) is 76.6 Å². The predicted octanol–water partition coefficient (Wildman–Crippen LogP) is 5.27. The first kappa shape index (κ1) is 23.6. The molecule has 0 amide bonds. The van der Waals surface area contributed by atoms with Crippen molar-refractivity contribution in [3.05, 3.63) is 98.3 Å². The number of nitro groups is 1. The van der Waals surface area contributed by atoms with E-state index in [4.69, 9.17) is 4.74 Å². The van der Waals surface area contributed by atoms with Gasteiger partial charge in [-0.25, -0.2) is 4.98 Å². The summed E-state index contributed by atoms with van der Waals surface area (Å²) in [6.07, 6.45) is -3.43. The van der Waals surface area contributed by atoms with Crippen molar-refractivity contribution in [3.8, 4) is 17.1 Å². The van der Waals surface area contributed by atoms with Crippen molar-refractivity contribution in [2.45, 2.75) is 13.1 Å². The molecule has 0 aliphatic heterocycles.